The topological polar surface area (TPSA) is 34.2 Å². The molecule has 1 aromatic heterocycles. The monoisotopic (exact) mass is 211 g/mol. The Labute approximate surface area is 89.1 Å². The Hall–Kier alpha value is -0.805. The predicted molar refractivity (Wildman–Crippen MR) is 56.5 cm³/mol. The van der Waals surface area contributed by atoms with Gasteiger partial charge in [0.05, 0.1) is 11.2 Å². The molecular weight excluding hydrogens is 196 g/mol. The number of hydrogen-bond donors (Lipinski definition) is 1. The molecule has 1 N–H and O–H groups in total. The van der Waals surface area contributed by atoms with Crippen LogP contribution in [-0.4, -0.2) is 23.3 Å². The van der Waals surface area contributed by atoms with Crippen LogP contribution >= 0.6 is 0 Å². The quantitative estimate of drug-likeness (QED) is 0.713. The molecule has 5 heteroatoms. The molecule has 0 spiro atoms. The zero-order valence-electron chi connectivity index (χ0n) is 9.43. The summed E-state index contributed by atoms with van der Waals surface area (Å²) in [6, 6.07) is 0. The van der Waals surface area contributed by atoms with Crippen LogP contribution in [0.4, 0.5) is 4.39 Å². The van der Waals surface area contributed by atoms with Crippen molar-refractivity contribution in [2.75, 3.05) is 0 Å². The van der Waals surface area contributed by atoms with Crippen molar-refractivity contribution in [3.8, 4) is 0 Å². The average molecular weight is 211 g/mol. The molecule has 0 radical (unpaired) electrons. The maximum Gasteiger partial charge on any atom is 0.499 e. The van der Waals surface area contributed by atoms with E-state index < -0.39 is 18.3 Å². The van der Waals surface area contributed by atoms with E-state index in [4.69, 9.17) is 9.31 Å². The van der Waals surface area contributed by atoms with Gasteiger partial charge in [-0.05, 0) is 27.7 Å². The zero-order valence-corrected chi connectivity index (χ0v) is 9.43. The van der Waals surface area contributed by atoms with Gasteiger partial charge < -0.3 is 14.3 Å². The molecule has 2 heterocycles. The summed E-state index contributed by atoms with van der Waals surface area (Å²) in [5.74, 6) is -0.325. The molecule has 0 aliphatic carbocycles. The Balaban J connectivity index is 2.27. The van der Waals surface area contributed by atoms with Gasteiger partial charge in [-0.1, -0.05) is 0 Å². The van der Waals surface area contributed by atoms with Crippen molar-refractivity contribution in [1.29, 1.82) is 0 Å². The molecular formula is C10H15BFNO2. The standard InChI is InChI=1S/C10H15BFNO2/c1-9(2)10(3,4)15-11(14-9)7-5-13-6-8(7)12/h5-6,13H,1-4H3. The van der Waals surface area contributed by atoms with E-state index in [-0.39, 0.29) is 5.82 Å². The van der Waals surface area contributed by atoms with Crippen molar-refractivity contribution < 1.29 is 13.7 Å². The van der Waals surface area contributed by atoms with Crippen LogP contribution in [0.25, 0.3) is 0 Å². The van der Waals surface area contributed by atoms with E-state index in [1.165, 1.54) is 6.20 Å². The van der Waals surface area contributed by atoms with Crippen molar-refractivity contribution in [3.63, 3.8) is 0 Å². The van der Waals surface area contributed by atoms with E-state index in [2.05, 4.69) is 4.98 Å². The molecule has 0 saturated carbocycles. The summed E-state index contributed by atoms with van der Waals surface area (Å²) < 4.78 is 24.7. The Morgan fingerprint density at radius 2 is 1.67 bits per heavy atom. The highest BCUT2D eigenvalue weighted by Crippen LogP contribution is 2.36. The number of aromatic amines is 1. The summed E-state index contributed by atoms with van der Waals surface area (Å²) in [6.07, 6.45) is 2.86. The second kappa shape index (κ2) is 3.09. The Bertz CT molecular complexity index is 359. The zero-order chi connectivity index (χ0) is 11.3. The second-order valence-corrected chi connectivity index (χ2v) is 4.85. The molecule has 2 rings (SSSR count). The lowest BCUT2D eigenvalue weighted by Gasteiger charge is -2.32. The first kappa shape index (κ1) is 10.7. The number of aromatic nitrogens is 1. The van der Waals surface area contributed by atoms with Gasteiger partial charge in [0.25, 0.3) is 0 Å². The fourth-order valence-corrected chi connectivity index (χ4v) is 1.51. The van der Waals surface area contributed by atoms with Crippen LogP contribution in [0.15, 0.2) is 12.4 Å². The molecule has 1 saturated heterocycles. The first-order valence-electron chi connectivity index (χ1n) is 5.01. The van der Waals surface area contributed by atoms with Crippen molar-refractivity contribution in [2.45, 2.75) is 38.9 Å². The number of rotatable bonds is 1. The molecule has 1 aliphatic heterocycles. The molecule has 15 heavy (non-hydrogen) atoms. The Morgan fingerprint density at radius 3 is 2.07 bits per heavy atom. The lowest BCUT2D eigenvalue weighted by atomic mass is 9.81. The van der Waals surface area contributed by atoms with E-state index in [9.17, 15) is 4.39 Å². The summed E-state index contributed by atoms with van der Waals surface area (Å²) in [7, 11) is -0.624. The van der Waals surface area contributed by atoms with Crippen molar-refractivity contribution in [3.05, 3.63) is 18.2 Å². The molecule has 0 unspecified atom stereocenters. The number of hydrogen-bond acceptors (Lipinski definition) is 2. The van der Waals surface area contributed by atoms with E-state index in [0.29, 0.717) is 5.46 Å². The highest BCUT2D eigenvalue weighted by Gasteiger charge is 2.52. The first-order chi connectivity index (χ1) is 6.83. The minimum atomic E-state index is -0.624. The van der Waals surface area contributed by atoms with E-state index in [0.717, 1.165) is 0 Å². The van der Waals surface area contributed by atoms with Gasteiger partial charge in [-0.2, -0.15) is 0 Å². The largest absolute Gasteiger partial charge is 0.499 e. The summed E-state index contributed by atoms with van der Waals surface area (Å²) in [5.41, 5.74) is -0.434. The average Bonchev–Trinajstić information content (AvgIpc) is 2.55. The molecule has 1 aliphatic rings. The lowest BCUT2D eigenvalue weighted by Crippen LogP contribution is -2.41. The molecule has 1 fully saturated rings. The minimum absolute atomic E-state index is 0.325. The molecule has 82 valence electrons. The van der Waals surface area contributed by atoms with Crippen LogP contribution in [0.2, 0.25) is 0 Å². The minimum Gasteiger partial charge on any atom is -0.399 e. The first-order valence-corrected chi connectivity index (χ1v) is 5.01. The molecule has 1 aromatic rings. The van der Waals surface area contributed by atoms with Gasteiger partial charge >= 0.3 is 7.12 Å². The van der Waals surface area contributed by atoms with Gasteiger partial charge in [-0.25, -0.2) is 4.39 Å². The maximum absolute atomic E-state index is 13.3. The Morgan fingerprint density at radius 1 is 1.13 bits per heavy atom. The highest BCUT2D eigenvalue weighted by atomic mass is 19.1. The molecule has 0 amide bonds. The van der Waals surface area contributed by atoms with Gasteiger partial charge in [0.1, 0.15) is 5.82 Å². The van der Waals surface area contributed by atoms with Crippen molar-refractivity contribution in [1.82, 2.24) is 4.98 Å². The van der Waals surface area contributed by atoms with Crippen molar-refractivity contribution in [2.24, 2.45) is 0 Å². The summed E-state index contributed by atoms with van der Waals surface area (Å²) >= 11 is 0. The third kappa shape index (κ3) is 1.60. The van der Waals surface area contributed by atoms with E-state index in [1.54, 1.807) is 6.20 Å². The second-order valence-electron chi connectivity index (χ2n) is 4.85. The maximum atomic E-state index is 13.3. The van der Waals surface area contributed by atoms with Gasteiger partial charge in [-0.3, -0.25) is 0 Å². The van der Waals surface area contributed by atoms with Crippen LogP contribution in [0.3, 0.4) is 0 Å². The van der Waals surface area contributed by atoms with Gasteiger partial charge in [0.15, 0.2) is 0 Å². The lowest BCUT2D eigenvalue weighted by molar-refractivity contribution is 0.00578. The smallest absolute Gasteiger partial charge is 0.399 e. The van der Waals surface area contributed by atoms with Gasteiger partial charge in [0, 0.05) is 17.9 Å². The normalized spacial score (nSPS) is 23.4. The fourth-order valence-electron chi connectivity index (χ4n) is 1.51. The molecule has 0 bridgehead atoms. The molecule has 3 nitrogen and oxygen atoms in total. The predicted octanol–water partition coefficient (Wildman–Crippen LogP) is 1.45. The van der Waals surface area contributed by atoms with E-state index in [1.807, 2.05) is 27.7 Å². The summed E-state index contributed by atoms with van der Waals surface area (Å²) in [5, 5.41) is 0. The highest BCUT2D eigenvalue weighted by molar-refractivity contribution is 6.62. The van der Waals surface area contributed by atoms with Crippen LogP contribution < -0.4 is 5.46 Å². The third-order valence-electron chi connectivity index (χ3n) is 3.23. The summed E-state index contributed by atoms with van der Waals surface area (Å²) in [6.45, 7) is 7.77. The van der Waals surface area contributed by atoms with Crippen LogP contribution in [0.1, 0.15) is 27.7 Å². The van der Waals surface area contributed by atoms with Gasteiger partial charge in [-0.15, -0.1) is 0 Å². The number of nitrogens with one attached hydrogen (secondary N) is 1. The van der Waals surface area contributed by atoms with E-state index >= 15 is 0 Å². The van der Waals surface area contributed by atoms with Crippen LogP contribution in [0, 0.1) is 5.82 Å². The number of halogens is 1. The fraction of sp³-hybridized carbons (Fsp3) is 0.600. The SMILES string of the molecule is CC1(C)OB(c2c[nH]cc2F)OC1(C)C. The Kier molecular flexibility index (Phi) is 2.21. The van der Waals surface area contributed by atoms with Crippen LogP contribution in [0.5, 0.6) is 0 Å². The molecule has 0 atom stereocenters. The van der Waals surface area contributed by atoms with Crippen LogP contribution in [-0.2, 0) is 9.31 Å². The summed E-state index contributed by atoms with van der Waals surface area (Å²) in [4.78, 5) is 2.69. The number of H-pyrrole nitrogens is 1. The third-order valence-corrected chi connectivity index (χ3v) is 3.23. The molecule has 0 aromatic carbocycles. The van der Waals surface area contributed by atoms with Gasteiger partial charge in [0.2, 0.25) is 0 Å². The van der Waals surface area contributed by atoms with Crippen molar-refractivity contribution >= 4 is 12.6 Å².